The Hall–Kier alpha value is -1.84. The minimum atomic E-state index is -0.00568. The molecule has 0 aromatic heterocycles. The highest BCUT2D eigenvalue weighted by atomic mass is 16.2. The van der Waals surface area contributed by atoms with Crippen LogP contribution in [0.2, 0.25) is 0 Å². The van der Waals surface area contributed by atoms with Crippen molar-refractivity contribution in [3.8, 4) is 0 Å². The van der Waals surface area contributed by atoms with E-state index in [1.165, 1.54) is 0 Å². The summed E-state index contributed by atoms with van der Waals surface area (Å²) < 4.78 is 0. The minimum absolute atomic E-state index is 0.00568. The summed E-state index contributed by atoms with van der Waals surface area (Å²) in [5, 5.41) is 2.75. The first kappa shape index (κ1) is 13.2. The number of carbonyl (C=O) groups is 2. The fraction of sp³-hybridized carbons (Fsp3) is 0.385. The summed E-state index contributed by atoms with van der Waals surface area (Å²) >= 11 is 0. The molecule has 0 fully saturated rings. The topological polar surface area (TPSA) is 49.4 Å². The van der Waals surface area contributed by atoms with E-state index in [4.69, 9.17) is 0 Å². The quantitative estimate of drug-likeness (QED) is 0.783. The highest BCUT2D eigenvalue weighted by Crippen LogP contribution is 2.19. The maximum absolute atomic E-state index is 11.5. The van der Waals surface area contributed by atoms with Gasteiger partial charge in [-0.2, -0.15) is 0 Å². The number of anilines is 1. The average molecular weight is 234 g/mol. The molecule has 0 aliphatic carbocycles. The fourth-order valence-corrected chi connectivity index (χ4v) is 1.73. The van der Waals surface area contributed by atoms with Crippen LogP contribution in [0.15, 0.2) is 18.2 Å². The molecule has 17 heavy (non-hydrogen) atoms. The van der Waals surface area contributed by atoms with Crippen molar-refractivity contribution in [1.82, 2.24) is 5.32 Å². The molecule has 1 aromatic carbocycles. The molecule has 0 radical (unpaired) electrons. The zero-order chi connectivity index (χ0) is 12.8. The Balaban J connectivity index is 2.78. The molecule has 92 valence electrons. The molecule has 0 unspecified atom stereocenters. The summed E-state index contributed by atoms with van der Waals surface area (Å²) in [6, 6.07) is 5.43. The van der Waals surface area contributed by atoms with Gasteiger partial charge in [-0.3, -0.25) is 9.59 Å². The first-order chi connectivity index (χ1) is 8.08. The third kappa shape index (κ3) is 3.59. The van der Waals surface area contributed by atoms with Crippen LogP contribution in [0, 0.1) is 6.92 Å². The number of hydrogen-bond donors (Lipinski definition) is 1. The van der Waals surface area contributed by atoms with Crippen molar-refractivity contribution in [3.05, 3.63) is 29.3 Å². The van der Waals surface area contributed by atoms with Crippen LogP contribution < -0.4 is 10.2 Å². The summed E-state index contributed by atoms with van der Waals surface area (Å²) in [7, 11) is 1.86. The van der Waals surface area contributed by atoms with Crippen LogP contribution >= 0.6 is 0 Å². The van der Waals surface area contributed by atoms with Crippen molar-refractivity contribution in [1.29, 1.82) is 0 Å². The van der Waals surface area contributed by atoms with Gasteiger partial charge in [-0.05, 0) is 37.6 Å². The predicted octanol–water partition coefficient (Wildman–Crippen LogP) is 1.38. The molecular weight excluding hydrogens is 216 g/mol. The van der Waals surface area contributed by atoms with E-state index in [1.807, 2.05) is 37.9 Å². The van der Waals surface area contributed by atoms with E-state index in [0.29, 0.717) is 18.7 Å². The second-order valence-electron chi connectivity index (χ2n) is 3.97. The average Bonchev–Trinajstić information content (AvgIpc) is 2.28. The van der Waals surface area contributed by atoms with Gasteiger partial charge in [-0.1, -0.05) is 0 Å². The smallest absolute Gasteiger partial charge is 0.239 e. The maximum Gasteiger partial charge on any atom is 0.239 e. The maximum atomic E-state index is 11.5. The summed E-state index contributed by atoms with van der Waals surface area (Å²) in [6.45, 7) is 4.77. The zero-order valence-corrected chi connectivity index (χ0v) is 10.5. The first-order valence-electron chi connectivity index (χ1n) is 5.62. The third-order valence-corrected chi connectivity index (χ3v) is 2.52. The predicted molar refractivity (Wildman–Crippen MR) is 68.5 cm³/mol. The number of aldehydes is 1. The van der Waals surface area contributed by atoms with Crippen LogP contribution in [0.4, 0.5) is 5.69 Å². The number of nitrogens with one attached hydrogen (secondary N) is 1. The Morgan fingerprint density at radius 1 is 1.47 bits per heavy atom. The highest BCUT2D eigenvalue weighted by molar-refractivity contribution is 5.82. The van der Waals surface area contributed by atoms with Gasteiger partial charge in [0.25, 0.3) is 0 Å². The molecule has 1 N–H and O–H groups in total. The largest absolute Gasteiger partial charge is 0.365 e. The van der Waals surface area contributed by atoms with Gasteiger partial charge in [0.2, 0.25) is 5.91 Å². The normalized spacial score (nSPS) is 9.82. The Morgan fingerprint density at radius 2 is 2.18 bits per heavy atom. The van der Waals surface area contributed by atoms with Gasteiger partial charge < -0.3 is 10.2 Å². The van der Waals surface area contributed by atoms with E-state index in [9.17, 15) is 9.59 Å². The van der Waals surface area contributed by atoms with Crippen molar-refractivity contribution < 1.29 is 9.59 Å². The standard InChI is InChI=1S/C13H18N2O2/c1-4-14-13(17)8-15(3)12-6-5-11(9-16)7-10(12)2/h5-7,9H,4,8H2,1-3H3,(H,14,17). The number of amides is 1. The molecule has 0 bridgehead atoms. The second kappa shape index (κ2) is 6.03. The lowest BCUT2D eigenvalue weighted by molar-refractivity contribution is -0.119. The van der Waals surface area contributed by atoms with Crippen molar-refractivity contribution in [2.75, 3.05) is 25.0 Å². The van der Waals surface area contributed by atoms with Crippen molar-refractivity contribution in [2.24, 2.45) is 0 Å². The number of hydrogen-bond acceptors (Lipinski definition) is 3. The minimum Gasteiger partial charge on any atom is -0.365 e. The number of benzene rings is 1. The lowest BCUT2D eigenvalue weighted by Gasteiger charge is -2.20. The number of likely N-dealkylation sites (N-methyl/N-ethyl adjacent to an activating group) is 2. The number of rotatable bonds is 5. The zero-order valence-electron chi connectivity index (χ0n) is 10.5. The Kier molecular flexibility index (Phi) is 4.69. The molecule has 0 aliphatic rings. The van der Waals surface area contributed by atoms with Gasteiger partial charge in [0, 0.05) is 24.8 Å². The molecule has 0 aliphatic heterocycles. The van der Waals surface area contributed by atoms with Crippen molar-refractivity contribution in [3.63, 3.8) is 0 Å². The van der Waals surface area contributed by atoms with Crippen molar-refractivity contribution >= 4 is 17.9 Å². The molecule has 1 amide bonds. The van der Waals surface area contributed by atoms with Crippen molar-refractivity contribution in [2.45, 2.75) is 13.8 Å². The van der Waals surface area contributed by atoms with Gasteiger partial charge in [-0.15, -0.1) is 0 Å². The van der Waals surface area contributed by atoms with Crippen LogP contribution in [0.5, 0.6) is 0 Å². The second-order valence-corrected chi connectivity index (χ2v) is 3.97. The van der Waals surface area contributed by atoms with Gasteiger partial charge in [0.1, 0.15) is 6.29 Å². The molecule has 4 nitrogen and oxygen atoms in total. The molecule has 0 spiro atoms. The molecule has 0 heterocycles. The van der Waals surface area contributed by atoms with E-state index < -0.39 is 0 Å². The number of aryl methyl sites for hydroxylation is 1. The summed E-state index contributed by atoms with van der Waals surface area (Å²) in [6.07, 6.45) is 0.820. The Labute approximate surface area is 102 Å². The van der Waals surface area contributed by atoms with Gasteiger partial charge in [-0.25, -0.2) is 0 Å². The molecule has 0 saturated heterocycles. The van der Waals surface area contributed by atoms with E-state index in [2.05, 4.69) is 5.32 Å². The SMILES string of the molecule is CCNC(=O)CN(C)c1ccc(C=O)cc1C. The molecule has 1 rings (SSSR count). The third-order valence-electron chi connectivity index (χ3n) is 2.52. The summed E-state index contributed by atoms with van der Waals surface area (Å²) in [4.78, 5) is 23.9. The number of carbonyl (C=O) groups excluding carboxylic acids is 2. The van der Waals surface area contributed by atoms with Crippen LogP contribution in [-0.2, 0) is 4.79 Å². The monoisotopic (exact) mass is 234 g/mol. The van der Waals surface area contributed by atoms with Crippen LogP contribution in [0.1, 0.15) is 22.8 Å². The van der Waals surface area contributed by atoms with E-state index in [1.54, 1.807) is 6.07 Å². The fourth-order valence-electron chi connectivity index (χ4n) is 1.73. The Bertz CT molecular complexity index is 416. The van der Waals surface area contributed by atoms with E-state index in [-0.39, 0.29) is 5.91 Å². The molecule has 1 aromatic rings. The lowest BCUT2D eigenvalue weighted by atomic mass is 10.1. The van der Waals surface area contributed by atoms with E-state index in [0.717, 1.165) is 17.5 Å². The highest BCUT2D eigenvalue weighted by Gasteiger charge is 2.09. The molecule has 4 heteroatoms. The van der Waals surface area contributed by atoms with Crippen LogP contribution in [0.25, 0.3) is 0 Å². The van der Waals surface area contributed by atoms with Gasteiger partial charge in [0.05, 0.1) is 6.54 Å². The van der Waals surface area contributed by atoms with Crippen LogP contribution in [-0.4, -0.2) is 32.3 Å². The van der Waals surface area contributed by atoms with E-state index >= 15 is 0 Å². The number of nitrogens with zero attached hydrogens (tertiary/aromatic N) is 1. The molecule has 0 atom stereocenters. The lowest BCUT2D eigenvalue weighted by Crippen LogP contribution is -2.35. The van der Waals surface area contributed by atoms with Gasteiger partial charge >= 0.3 is 0 Å². The summed E-state index contributed by atoms with van der Waals surface area (Å²) in [5.41, 5.74) is 2.60. The van der Waals surface area contributed by atoms with Gasteiger partial charge in [0.15, 0.2) is 0 Å². The summed E-state index contributed by atoms with van der Waals surface area (Å²) in [5.74, 6) is -0.00568. The Morgan fingerprint density at radius 3 is 2.71 bits per heavy atom. The first-order valence-corrected chi connectivity index (χ1v) is 5.62. The van der Waals surface area contributed by atoms with Crippen LogP contribution in [0.3, 0.4) is 0 Å². The molecule has 0 saturated carbocycles. The molecular formula is C13H18N2O2.